The monoisotopic (exact) mass is 215 g/mol. The number of hydrogen-bond acceptors (Lipinski definition) is 1. The van der Waals surface area contributed by atoms with Crippen LogP contribution in [-0.2, 0) is 0 Å². The van der Waals surface area contributed by atoms with Gasteiger partial charge in [-0.15, -0.1) is 0 Å². The normalized spacial score (nSPS) is 38.3. The van der Waals surface area contributed by atoms with Crippen molar-refractivity contribution in [1.29, 1.82) is 0 Å². The summed E-state index contributed by atoms with van der Waals surface area (Å²) in [5, 5.41) is 0. The summed E-state index contributed by atoms with van der Waals surface area (Å²) in [6.45, 7) is 0. The zero-order valence-electron chi connectivity index (χ0n) is 9.81. The van der Waals surface area contributed by atoms with Gasteiger partial charge in [0.05, 0.1) is 0 Å². The molecule has 0 saturated heterocycles. The van der Waals surface area contributed by atoms with Crippen molar-refractivity contribution < 1.29 is 0 Å². The molecule has 4 unspecified atom stereocenters. The van der Waals surface area contributed by atoms with Gasteiger partial charge in [-0.1, -0.05) is 43.2 Å². The van der Waals surface area contributed by atoms with E-state index in [1.807, 2.05) is 0 Å². The second kappa shape index (κ2) is 4.21. The second-order valence-corrected chi connectivity index (χ2v) is 5.60. The van der Waals surface area contributed by atoms with Crippen LogP contribution in [0.1, 0.15) is 43.6 Å². The van der Waals surface area contributed by atoms with E-state index in [1.54, 1.807) is 5.56 Å². The summed E-state index contributed by atoms with van der Waals surface area (Å²) < 4.78 is 0. The molecule has 86 valence electrons. The molecule has 0 amide bonds. The van der Waals surface area contributed by atoms with Crippen molar-refractivity contribution >= 4 is 0 Å². The maximum atomic E-state index is 6.07. The largest absolute Gasteiger partial charge is 0.328 e. The molecule has 1 aromatic carbocycles. The molecule has 0 radical (unpaired) electrons. The Hall–Kier alpha value is -0.820. The van der Waals surface area contributed by atoms with Gasteiger partial charge in [0, 0.05) is 6.04 Å². The minimum atomic E-state index is 0.482. The average molecular weight is 215 g/mol. The molecule has 4 atom stereocenters. The SMILES string of the molecule is NC1CCCC(C2CC2c2ccccc2)C1. The van der Waals surface area contributed by atoms with Gasteiger partial charge in [0.25, 0.3) is 0 Å². The van der Waals surface area contributed by atoms with Crippen LogP contribution in [0.25, 0.3) is 0 Å². The molecule has 2 aliphatic rings. The van der Waals surface area contributed by atoms with Crippen LogP contribution in [-0.4, -0.2) is 6.04 Å². The van der Waals surface area contributed by atoms with Crippen LogP contribution in [0.5, 0.6) is 0 Å². The van der Waals surface area contributed by atoms with Gasteiger partial charge >= 0.3 is 0 Å². The first-order valence-electron chi connectivity index (χ1n) is 6.65. The van der Waals surface area contributed by atoms with E-state index in [2.05, 4.69) is 30.3 Å². The number of nitrogens with two attached hydrogens (primary N) is 1. The molecule has 0 heterocycles. The van der Waals surface area contributed by atoms with E-state index >= 15 is 0 Å². The highest BCUT2D eigenvalue weighted by molar-refractivity contribution is 5.26. The lowest BCUT2D eigenvalue weighted by molar-refractivity contribution is 0.288. The van der Waals surface area contributed by atoms with Gasteiger partial charge in [0.15, 0.2) is 0 Å². The summed E-state index contributed by atoms with van der Waals surface area (Å²) >= 11 is 0. The van der Waals surface area contributed by atoms with E-state index in [4.69, 9.17) is 5.73 Å². The number of benzene rings is 1. The first-order chi connectivity index (χ1) is 7.84. The Morgan fingerprint density at radius 1 is 1.00 bits per heavy atom. The molecule has 2 aliphatic carbocycles. The minimum Gasteiger partial charge on any atom is -0.328 e. The molecule has 1 heteroatoms. The fraction of sp³-hybridized carbons (Fsp3) is 0.600. The van der Waals surface area contributed by atoms with Crippen molar-refractivity contribution in [3.8, 4) is 0 Å². The molecule has 0 spiro atoms. The van der Waals surface area contributed by atoms with E-state index < -0.39 is 0 Å². The van der Waals surface area contributed by atoms with Crippen LogP contribution in [0, 0.1) is 11.8 Å². The molecular weight excluding hydrogens is 194 g/mol. The molecule has 16 heavy (non-hydrogen) atoms. The maximum Gasteiger partial charge on any atom is 0.00415 e. The first-order valence-corrected chi connectivity index (χ1v) is 6.65. The summed E-state index contributed by atoms with van der Waals surface area (Å²) in [4.78, 5) is 0. The minimum absolute atomic E-state index is 0.482. The number of rotatable bonds is 2. The Balaban J connectivity index is 1.63. The third kappa shape index (κ3) is 2.01. The van der Waals surface area contributed by atoms with Crippen molar-refractivity contribution in [1.82, 2.24) is 0 Å². The fourth-order valence-corrected chi connectivity index (χ4v) is 3.47. The quantitative estimate of drug-likeness (QED) is 0.804. The molecule has 0 aliphatic heterocycles. The molecule has 0 aromatic heterocycles. The summed E-state index contributed by atoms with van der Waals surface area (Å²) in [6, 6.07) is 11.5. The highest BCUT2D eigenvalue weighted by atomic mass is 14.6. The van der Waals surface area contributed by atoms with Crippen molar-refractivity contribution in [3.63, 3.8) is 0 Å². The van der Waals surface area contributed by atoms with E-state index in [0.29, 0.717) is 6.04 Å². The van der Waals surface area contributed by atoms with Crippen LogP contribution < -0.4 is 5.73 Å². The van der Waals surface area contributed by atoms with Crippen LogP contribution in [0.3, 0.4) is 0 Å². The predicted octanol–water partition coefficient (Wildman–Crippen LogP) is 3.31. The van der Waals surface area contributed by atoms with Gasteiger partial charge in [-0.3, -0.25) is 0 Å². The van der Waals surface area contributed by atoms with Crippen molar-refractivity contribution in [2.75, 3.05) is 0 Å². The summed E-state index contributed by atoms with van der Waals surface area (Å²) in [5.74, 6) is 2.69. The Morgan fingerprint density at radius 2 is 1.81 bits per heavy atom. The predicted molar refractivity (Wildman–Crippen MR) is 67.2 cm³/mol. The molecule has 2 N–H and O–H groups in total. The highest BCUT2D eigenvalue weighted by Gasteiger charge is 2.44. The second-order valence-electron chi connectivity index (χ2n) is 5.60. The summed E-state index contributed by atoms with van der Waals surface area (Å²) in [6.07, 6.45) is 6.69. The Bertz CT molecular complexity index is 346. The van der Waals surface area contributed by atoms with Gasteiger partial charge in [-0.25, -0.2) is 0 Å². The molecule has 0 bridgehead atoms. The van der Waals surface area contributed by atoms with Crippen LogP contribution in [0.2, 0.25) is 0 Å². The summed E-state index contributed by atoms with van der Waals surface area (Å²) in [7, 11) is 0. The highest BCUT2D eigenvalue weighted by Crippen LogP contribution is 2.54. The Labute approximate surface area is 98.0 Å². The Kier molecular flexibility index (Phi) is 2.72. The molecule has 2 saturated carbocycles. The van der Waals surface area contributed by atoms with Crippen LogP contribution in [0.15, 0.2) is 30.3 Å². The standard InChI is InChI=1S/C15H21N/c16-13-8-4-7-12(9-13)15-10-14(15)11-5-2-1-3-6-11/h1-3,5-6,12-15H,4,7-10,16H2. The molecule has 3 rings (SSSR count). The Morgan fingerprint density at radius 3 is 2.56 bits per heavy atom. The lowest BCUT2D eigenvalue weighted by atomic mass is 9.82. The average Bonchev–Trinajstić information content (AvgIpc) is 3.10. The van der Waals surface area contributed by atoms with Gasteiger partial charge in [-0.05, 0) is 42.6 Å². The smallest absolute Gasteiger partial charge is 0.00415 e. The van der Waals surface area contributed by atoms with Crippen molar-refractivity contribution in [3.05, 3.63) is 35.9 Å². The van der Waals surface area contributed by atoms with Crippen LogP contribution >= 0.6 is 0 Å². The lowest BCUT2D eigenvalue weighted by Gasteiger charge is -2.26. The fourth-order valence-electron chi connectivity index (χ4n) is 3.47. The third-order valence-corrected chi connectivity index (χ3v) is 4.43. The topological polar surface area (TPSA) is 26.0 Å². The summed E-state index contributed by atoms with van der Waals surface area (Å²) in [5.41, 5.74) is 7.62. The third-order valence-electron chi connectivity index (χ3n) is 4.43. The van der Waals surface area contributed by atoms with Crippen molar-refractivity contribution in [2.45, 2.75) is 44.1 Å². The molecular formula is C15H21N. The van der Waals surface area contributed by atoms with Crippen LogP contribution in [0.4, 0.5) is 0 Å². The first kappa shape index (κ1) is 10.3. The van der Waals surface area contributed by atoms with E-state index in [1.165, 1.54) is 32.1 Å². The number of hydrogen-bond donors (Lipinski definition) is 1. The van der Waals surface area contributed by atoms with Gasteiger partial charge in [0.1, 0.15) is 0 Å². The van der Waals surface area contributed by atoms with Crippen molar-refractivity contribution in [2.24, 2.45) is 17.6 Å². The lowest BCUT2D eigenvalue weighted by Crippen LogP contribution is -2.28. The van der Waals surface area contributed by atoms with Gasteiger partial charge in [-0.2, -0.15) is 0 Å². The molecule has 2 fully saturated rings. The molecule has 1 nitrogen and oxygen atoms in total. The van der Waals surface area contributed by atoms with E-state index in [-0.39, 0.29) is 0 Å². The van der Waals surface area contributed by atoms with E-state index in [9.17, 15) is 0 Å². The maximum absolute atomic E-state index is 6.07. The van der Waals surface area contributed by atoms with Gasteiger partial charge in [0.2, 0.25) is 0 Å². The zero-order chi connectivity index (χ0) is 11.0. The molecule has 1 aromatic rings. The van der Waals surface area contributed by atoms with E-state index in [0.717, 1.165) is 17.8 Å². The zero-order valence-corrected chi connectivity index (χ0v) is 9.81. The van der Waals surface area contributed by atoms with Gasteiger partial charge < -0.3 is 5.73 Å².